The fourth-order valence-electron chi connectivity index (χ4n) is 1.25. The number of hydrogen-bond donors (Lipinski definition) is 0. The summed E-state index contributed by atoms with van der Waals surface area (Å²) in [6.07, 6.45) is 0. The second-order valence-electron chi connectivity index (χ2n) is 5.54. The molecule has 0 saturated heterocycles. The lowest BCUT2D eigenvalue weighted by Crippen LogP contribution is -2.16. The van der Waals surface area contributed by atoms with E-state index in [4.69, 9.17) is 9.47 Å². The minimum absolute atomic E-state index is 0.124. The Kier molecular flexibility index (Phi) is 6.75. The van der Waals surface area contributed by atoms with Crippen LogP contribution in [0.25, 0.3) is 0 Å². The molecule has 0 N–H and O–H groups in total. The quantitative estimate of drug-likeness (QED) is 0.314. The first-order chi connectivity index (χ1) is 9.40. The highest BCUT2D eigenvalue weighted by molar-refractivity contribution is 5.31. The Morgan fingerprint density at radius 2 is 1.65 bits per heavy atom. The van der Waals surface area contributed by atoms with Crippen LogP contribution in [0.5, 0.6) is 11.5 Å². The van der Waals surface area contributed by atoms with Crippen LogP contribution in [0.4, 0.5) is 4.48 Å². The van der Waals surface area contributed by atoms with Gasteiger partial charge in [-0.05, 0) is 43.2 Å². The van der Waals surface area contributed by atoms with Crippen molar-refractivity contribution in [2.24, 2.45) is 5.41 Å². The van der Waals surface area contributed by atoms with Crippen molar-refractivity contribution in [2.45, 2.75) is 27.7 Å². The summed E-state index contributed by atoms with van der Waals surface area (Å²) in [5, 5.41) is 0.229. The molecular weight excluding hydrogens is 261 g/mol. The van der Waals surface area contributed by atoms with Gasteiger partial charge in [-0.25, -0.2) is 0 Å². The second-order valence-corrected chi connectivity index (χ2v) is 5.54. The van der Waals surface area contributed by atoms with Crippen LogP contribution in [0.1, 0.15) is 27.7 Å². The van der Waals surface area contributed by atoms with E-state index in [1.165, 1.54) is 6.61 Å². The monoisotopic (exact) mass is 284 g/mol. The lowest BCUT2D eigenvalue weighted by atomic mass is 9.99. The van der Waals surface area contributed by atoms with Crippen LogP contribution in [0.15, 0.2) is 24.3 Å². The molecule has 114 valence electrons. The Morgan fingerprint density at radius 1 is 1.10 bits per heavy atom. The molecule has 1 rings (SSSR count). The van der Waals surface area contributed by atoms with Crippen LogP contribution >= 0.6 is 0 Å². The Balaban J connectivity index is 2.28. The van der Waals surface area contributed by atoms with Crippen LogP contribution < -0.4 is 9.47 Å². The molecule has 20 heavy (non-hydrogen) atoms. The van der Waals surface area contributed by atoms with Gasteiger partial charge in [0.15, 0.2) is 0 Å². The zero-order chi connectivity index (χ0) is 15.0. The maximum absolute atomic E-state index is 12.6. The van der Waals surface area contributed by atoms with Crippen LogP contribution in [-0.4, -0.2) is 25.0 Å². The third kappa shape index (κ3) is 7.31. The summed E-state index contributed by atoms with van der Waals surface area (Å²) < 4.78 is 23.6. The molecule has 0 aliphatic heterocycles. The molecule has 0 amide bonds. The number of benzene rings is 1. The molecule has 0 aliphatic carbocycles. The van der Waals surface area contributed by atoms with Gasteiger partial charge >= 0.3 is 0 Å². The average molecular weight is 284 g/mol. The highest BCUT2D eigenvalue weighted by atomic mass is 19.2. The topological polar surface area (TPSA) is 30.9 Å². The molecule has 0 spiro atoms. The fourth-order valence-corrected chi connectivity index (χ4v) is 1.25. The van der Waals surface area contributed by atoms with Gasteiger partial charge in [0.25, 0.3) is 0 Å². The first-order valence-corrected chi connectivity index (χ1v) is 6.68. The smallest absolute Gasteiger partial charge is 0.119 e. The summed E-state index contributed by atoms with van der Waals surface area (Å²) >= 11 is 0. The number of nitrogens with zero attached hydrogens (tertiary/aromatic N) is 1. The first kappa shape index (κ1) is 16.7. The third-order valence-electron chi connectivity index (χ3n) is 2.25. The predicted molar refractivity (Wildman–Crippen MR) is 75.8 cm³/mol. The number of hydrogen-bond acceptors (Lipinski definition) is 4. The van der Waals surface area contributed by atoms with Crippen molar-refractivity contribution in [3.8, 4) is 11.5 Å². The third-order valence-corrected chi connectivity index (χ3v) is 2.25. The molecule has 0 heterocycles. The van der Waals surface area contributed by atoms with Gasteiger partial charge in [-0.3, -0.25) is 0 Å². The minimum atomic E-state index is 0.124. The van der Waals surface area contributed by atoms with Crippen molar-refractivity contribution < 1.29 is 18.8 Å². The molecule has 1 aromatic rings. The van der Waals surface area contributed by atoms with Gasteiger partial charge in [-0.15, -0.1) is 11.1 Å². The molecular formula is C15H23FNO3-. The summed E-state index contributed by atoms with van der Waals surface area (Å²) in [5.74, 6) is 1.48. The molecule has 0 aliphatic rings. The van der Waals surface area contributed by atoms with Crippen LogP contribution in [0, 0.1) is 12.0 Å². The van der Waals surface area contributed by atoms with E-state index in [2.05, 4.69) is 25.6 Å². The molecule has 0 aromatic heterocycles. The van der Waals surface area contributed by atoms with Gasteiger partial charge in [-0.2, -0.15) is 0 Å². The molecule has 1 aromatic carbocycles. The van der Waals surface area contributed by atoms with Crippen molar-refractivity contribution >= 4 is 0 Å². The maximum atomic E-state index is 12.6. The predicted octanol–water partition coefficient (Wildman–Crippen LogP) is 3.79. The van der Waals surface area contributed by atoms with E-state index in [0.717, 1.165) is 5.75 Å². The molecule has 0 fully saturated rings. The van der Waals surface area contributed by atoms with Crippen molar-refractivity contribution in [3.63, 3.8) is 0 Å². The molecule has 0 saturated carbocycles. The lowest BCUT2D eigenvalue weighted by molar-refractivity contribution is -0.257. The van der Waals surface area contributed by atoms with Crippen molar-refractivity contribution in [2.75, 3.05) is 19.8 Å². The van der Waals surface area contributed by atoms with E-state index in [1.807, 2.05) is 12.1 Å². The van der Waals surface area contributed by atoms with Crippen LogP contribution in [0.2, 0.25) is 0 Å². The Morgan fingerprint density at radius 3 is 2.15 bits per heavy atom. The van der Waals surface area contributed by atoms with E-state index in [1.54, 1.807) is 19.1 Å². The normalized spacial score (nSPS) is 11.7. The molecule has 4 nitrogen and oxygen atoms in total. The second kappa shape index (κ2) is 8.07. The van der Waals surface area contributed by atoms with Crippen molar-refractivity contribution in [1.29, 1.82) is 0 Å². The standard InChI is InChI=1S/C15H23FNO3/c1-5-17(16)20-11-10-18-13-6-8-14(9-7-13)19-12-15(2,3)4/h6-9,11H,5,10,12H2,1-4H3/q-1. The Bertz CT molecular complexity index is 376. The molecule has 5 heteroatoms. The van der Waals surface area contributed by atoms with Gasteiger partial charge in [-0.1, -0.05) is 26.1 Å². The first-order valence-electron chi connectivity index (χ1n) is 6.68. The number of ether oxygens (including phenoxy) is 2. The molecule has 0 atom stereocenters. The van der Waals surface area contributed by atoms with Crippen molar-refractivity contribution in [3.05, 3.63) is 30.9 Å². The van der Waals surface area contributed by atoms with Gasteiger partial charge in [0.05, 0.1) is 13.2 Å². The van der Waals surface area contributed by atoms with Gasteiger partial charge < -0.3 is 14.3 Å². The van der Waals surface area contributed by atoms with Gasteiger partial charge in [0.1, 0.15) is 11.5 Å². The van der Waals surface area contributed by atoms with Crippen LogP contribution in [0.3, 0.4) is 0 Å². The van der Waals surface area contributed by atoms with E-state index < -0.39 is 0 Å². The SMILES string of the molecule is CCN(F)O[CH-]COc1ccc(OCC(C)(C)C)cc1. The fraction of sp³-hybridized carbons (Fsp3) is 0.533. The van der Waals surface area contributed by atoms with E-state index in [0.29, 0.717) is 12.4 Å². The highest BCUT2D eigenvalue weighted by Crippen LogP contribution is 2.20. The van der Waals surface area contributed by atoms with E-state index in [9.17, 15) is 4.48 Å². The number of rotatable bonds is 8. The molecule has 0 radical (unpaired) electrons. The largest absolute Gasteiger partial charge is 0.523 e. The maximum Gasteiger partial charge on any atom is 0.119 e. The van der Waals surface area contributed by atoms with E-state index in [-0.39, 0.29) is 23.9 Å². The van der Waals surface area contributed by atoms with Crippen molar-refractivity contribution in [1.82, 2.24) is 5.29 Å². The average Bonchev–Trinajstić information content (AvgIpc) is 2.41. The van der Waals surface area contributed by atoms with E-state index >= 15 is 0 Å². The van der Waals surface area contributed by atoms with Crippen LogP contribution in [-0.2, 0) is 4.84 Å². The summed E-state index contributed by atoms with van der Waals surface area (Å²) in [6.45, 7) is 10.2. The summed E-state index contributed by atoms with van der Waals surface area (Å²) in [4.78, 5) is 4.60. The lowest BCUT2D eigenvalue weighted by Gasteiger charge is -2.20. The summed E-state index contributed by atoms with van der Waals surface area (Å²) in [7, 11) is 0. The molecule has 0 bridgehead atoms. The summed E-state index contributed by atoms with van der Waals surface area (Å²) in [5.41, 5.74) is 0.124. The zero-order valence-electron chi connectivity index (χ0n) is 12.6. The van der Waals surface area contributed by atoms with Gasteiger partial charge in [0.2, 0.25) is 0 Å². The minimum Gasteiger partial charge on any atom is -0.523 e. The van der Waals surface area contributed by atoms with Gasteiger partial charge in [0, 0.05) is 0 Å². The zero-order valence-corrected chi connectivity index (χ0v) is 12.6. The Hall–Kier alpha value is -1.33. The number of hydroxylamine groups is 1. The Labute approximate surface area is 120 Å². The molecule has 0 unspecified atom stereocenters. The highest BCUT2D eigenvalue weighted by Gasteiger charge is 2.10. The summed E-state index contributed by atoms with van der Waals surface area (Å²) in [6, 6.07) is 7.29. The number of halogens is 1.